The number of piperazine rings is 1. The van der Waals surface area contributed by atoms with Crippen molar-refractivity contribution in [3.63, 3.8) is 0 Å². The van der Waals surface area contributed by atoms with Crippen LogP contribution in [-0.2, 0) is 9.59 Å². The molecular weight excluding hydrogens is 410 g/mol. The number of hydrogen-bond donors (Lipinski definition) is 2. The summed E-state index contributed by atoms with van der Waals surface area (Å²) in [6.07, 6.45) is 0. The molecule has 2 N–H and O–H groups in total. The lowest BCUT2D eigenvalue weighted by molar-refractivity contribution is -0.136. The van der Waals surface area contributed by atoms with Crippen molar-refractivity contribution in [3.05, 3.63) is 53.6 Å². The Hall–Kier alpha value is -3.61. The SMILES string of the molecule is CN1CCN(C(CNC(=O)C(=O)Nc2ccccc2C#N)c2ccc3c(c2)OCO3)CC1. The number of benzene rings is 2. The van der Waals surface area contributed by atoms with Gasteiger partial charge in [-0.2, -0.15) is 5.26 Å². The van der Waals surface area contributed by atoms with Crippen molar-refractivity contribution >= 4 is 17.5 Å². The fourth-order valence-corrected chi connectivity index (χ4v) is 3.85. The molecule has 4 rings (SSSR count). The van der Waals surface area contributed by atoms with Crippen molar-refractivity contribution in [2.75, 3.05) is 51.9 Å². The van der Waals surface area contributed by atoms with Gasteiger partial charge < -0.3 is 25.0 Å². The van der Waals surface area contributed by atoms with E-state index in [-0.39, 0.29) is 19.4 Å². The minimum Gasteiger partial charge on any atom is -0.454 e. The van der Waals surface area contributed by atoms with E-state index in [2.05, 4.69) is 27.5 Å². The second-order valence-electron chi connectivity index (χ2n) is 7.79. The molecule has 0 spiro atoms. The molecule has 2 aliphatic rings. The average molecular weight is 435 g/mol. The number of fused-ring (bicyclic) bond motifs is 1. The van der Waals surface area contributed by atoms with Gasteiger partial charge in [-0.05, 0) is 36.9 Å². The standard InChI is InChI=1S/C23H25N5O4/c1-27-8-10-28(11-9-27)19(16-6-7-20-21(12-16)32-15-31-20)14-25-22(29)23(30)26-18-5-3-2-4-17(18)13-24/h2-7,12,19H,8-11,14-15H2,1H3,(H,25,29)(H,26,30). The molecule has 1 fully saturated rings. The molecule has 0 bridgehead atoms. The highest BCUT2D eigenvalue weighted by molar-refractivity contribution is 6.39. The van der Waals surface area contributed by atoms with Crippen LogP contribution in [0.1, 0.15) is 17.2 Å². The van der Waals surface area contributed by atoms with E-state index >= 15 is 0 Å². The summed E-state index contributed by atoms with van der Waals surface area (Å²) in [5.41, 5.74) is 1.58. The van der Waals surface area contributed by atoms with Crippen LogP contribution in [0.15, 0.2) is 42.5 Å². The predicted octanol–water partition coefficient (Wildman–Crippen LogP) is 1.33. The van der Waals surface area contributed by atoms with Gasteiger partial charge in [0.25, 0.3) is 0 Å². The summed E-state index contributed by atoms with van der Waals surface area (Å²) in [4.78, 5) is 29.5. The highest BCUT2D eigenvalue weighted by atomic mass is 16.7. The zero-order valence-electron chi connectivity index (χ0n) is 17.8. The number of para-hydroxylation sites is 1. The van der Waals surface area contributed by atoms with Crippen LogP contribution in [0.3, 0.4) is 0 Å². The summed E-state index contributed by atoms with van der Waals surface area (Å²) in [5.74, 6) is -0.183. The van der Waals surface area contributed by atoms with Gasteiger partial charge in [-0.25, -0.2) is 0 Å². The average Bonchev–Trinajstić information content (AvgIpc) is 3.28. The summed E-state index contributed by atoms with van der Waals surface area (Å²) >= 11 is 0. The summed E-state index contributed by atoms with van der Waals surface area (Å²) in [6.45, 7) is 3.97. The van der Waals surface area contributed by atoms with E-state index in [9.17, 15) is 14.9 Å². The summed E-state index contributed by atoms with van der Waals surface area (Å²) in [6, 6.07) is 14.2. The Kier molecular flexibility index (Phi) is 6.54. The van der Waals surface area contributed by atoms with Gasteiger partial charge >= 0.3 is 11.8 Å². The van der Waals surface area contributed by atoms with E-state index in [0.717, 1.165) is 31.7 Å². The molecule has 1 atom stereocenters. The van der Waals surface area contributed by atoms with Gasteiger partial charge in [-0.15, -0.1) is 0 Å². The smallest absolute Gasteiger partial charge is 0.313 e. The Balaban J connectivity index is 1.45. The Bertz CT molecular complexity index is 1040. The van der Waals surface area contributed by atoms with E-state index < -0.39 is 11.8 Å². The van der Waals surface area contributed by atoms with Crippen LogP contribution in [0.5, 0.6) is 11.5 Å². The third-order valence-corrected chi connectivity index (χ3v) is 5.72. The van der Waals surface area contributed by atoms with Crippen molar-refractivity contribution in [2.24, 2.45) is 0 Å². The predicted molar refractivity (Wildman–Crippen MR) is 117 cm³/mol. The van der Waals surface area contributed by atoms with Crippen molar-refractivity contribution in [3.8, 4) is 17.6 Å². The van der Waals surface area contributed by atoms with Crippen molar-refractivity contribution in [1.29, 1.82) is 5.26 Å². The molecule has 0 saturated carbocycles. The van der Waals surface area contributed by atoms with Crippen LogP contribution in [0.25, 0.3) is 0 Å². The second-order valence-corrected chi connectivity index (χ2v) is 7.79. The normalized spacial score (nSPS) is 16.8. The lowest BCUT2D eigenvalue weighted by Gasteiger charge is -2.38. The summed E-state index contributed by atoms with van der Waals surface area (Å²) in [5, 5.41) is 14.4. The van der Waals surface area contributed by atoms with Crippen LogP contribution < -0.4 is 20.1 Å². The van der Waals surface area contributed by atoms with Gasteiger partial charge in [0.05, 0.1) is 17.3 Å². The fourth-order valence-electron chi connectivity index (χ4n) is 3.85. The molecule has 9 heteroatoms. The number of ether oxygens (including phenoxy) is 2. The molecule has 2 aliphatic heterocycles. The molecule has 1 saturated heterocycles. The van der Waals surface area contributed by atoms with Crippen LogP contribution in [0.4, 0.5) is 5.69 Å². The number of nitrogens with one attached hydrogen (secondary N) is 2. The maximum Gasteiger partial charge on any atom is 0.313 e. The van der Waals surface area contributed by atoms with Crippen molar-refractivity contribution in [2.45, 2.75) is 6.04 Å². The maximum atomic E-state index is 12.5. The molecule has 1 unspecified atom stereocenters. The molecule has 166 valence electrons. The Morgan fingerprint density at radius 1 is 1.06 bits per heavy atom. The molecule has 32 heavy (non-hydrogen) atoms. The zero-order valence-corrected chi connectivity index (χ0v) is 17.8. The van der Waals surface area contributed by atoms with Crippen LogP contribution in [-0.4, -0.2) is 68.2 Å². The molecule has 0 radical (unpaired) electrons. The van der Waals surface area contributed by atoms with Gasteiger partial charge in [0.1, 0.15) is 6.07 Å². The molecule has 2 heterocycles. The number of likely N-dealkylation sites (N-methyl/N-ethyl adjacent to an activating group) is 1. The van der Waals surface area contributed by atoms with Crippen molar-refractivity contribution in [1.82, 2.24) is 15.1 Å². The van der Waals surface area contributed by atoms with E-state index in [1.54, 1.807) is 24.3 Å². The van der Waals surface area contributed by atoms with Gasteiger partial charge in [-0.3, -0.25) is 14.5 Å². The highest BCUT2D eigenvalue weighted by Crippen LogP contribution is 2.35. The van der Waals surface area contributed by atoms with Crippen LogP contribution >= 0.6 is 0 Å². The van der Waals surface area contributed by atoms with Crippen molar-refractivity contribution < 1.29 is 19.1 Å². The zero-order chi connectivity index (χ0) is 22.5. The summed E-state index contributed by atoms with van der Waals surface area (Å²) < 4.78 is 10.9. The Morgan fingerprint density at radius 3 is 2.59 bits per heavy atom. The third kappa shape index (κ3) is 4.82. The van der Waals surface area contributed by atoms with Crippen LogP contribution in [0, 0.1) is 11.3 Å². The topological polar surface area (TPSA) is 107 Å². The number of anilines is 1. The molecule has 9 nitrogen and oxygen atoms in total. The molecule has 0 aliphatic carbocycles. The van der Waals surface area contributed by atoms with E-state index in [0.29, 0.717) is 22.7 Å². The maximum absolute atomic E-state index is 12.5. The Labute approximate surface area is 186 Å². The fraction of sp³-hybridized carbons (Fsp3) is 0.348. The molecule has 2 aromatic rings. The van der Waals surface area contributed by atoms with Crippen LogP contribution in [0.2, 0.25) is 0 Å². The quantitative estimate of drug-likeness (QED) is 0.683. The first kappa shape index (κ1) is 21.6. The van der Waals surface area contributed by atoms with Gasteiger partial charge in [0.15, 0.2) is 11.5 Å². The van der Waals surface area contributed by atoms with Gasteiger partial charge in [0, 0.05) is 32.7 Å². The largest absolute Gasteiger partial charge is 0.454 e. The van der Waals surface area contributed by atoms with E-state index in [1.807, 2.05) is 24.3 Å². The molecule has 2 amide bonds. The summed E-state index contributed by atoms with van der Waals surface area (Å²) in [7, 11) is 2.08. The Morgan fingerprint density at radius 2 is 1.81 bits per heavy atom. The van der Waals surface area contributed by atoms with Gasteiger partial charge in [0.2, 0.25) is 6.79 Å². The molecule has 2 aromatic carbocycles. The van der Waals surface area contributed by atoms with Gasteiger partial charge in [-0.1, -0.05) is 18.2 Å². The number of rotatable bonds is 5. The third-order valence-electron chi connectivity index (χ3n) is 5.72. The number of hydrogen-bond acceptors (Lipinski definition) is 7. The number of nitriles is 1. The lowest BCUT2D eigenvalue weighted by atomic mass is 10.0. The molecule has 0 aromatic heterocycles. The number of nitrogens with zero attached hydrogens (tertiary/aromatic N) is 3. The van der Waals surface area contributed by atoms with E-state index in [1.165, 1.54) is 0 Å². The minimum absolute atomic E-state index is 0.124. The minimum atomic E-state index is -0.810. The number of amides is 2. The lowest BCUT2D eigenvalue weighted by Crippen LogP contribution is -2.49. The first-order chi connectivity index (χ1) is 15.5. The number of carbonyl (C=O) groups is 2. The molecular formula is C23H25N5O4. The first-order valence-corrected chi connectivity index (χ1v) is 10.5. The number of carbonyl (C=O) groups excluding carboxylic acids is 2. The first-order valence-electron chi connectivity index (χ1n) is 10.5. The van der Waals surface area contributed by atoms with E-state index in [4.69, 9.17) is 9.47 Å². The second kappa shape index (κ2) is 9.68. The monoisotopic (exact) mass is 435 g/mol. The highest BCUT2D eigenvalue weighted by Gasteiger charge is 2.27.